The van der Waals surface area contributed by atoms with Gasteiger partial charge in [0.2, 0.25) is 5.82 Å². The van der Waals surface area contributed by atoms with E-state index in [-0.39, 0.29) is 0 Å². The molecule has 27 heavy (non-hydrogen) atoms. The monoisotopic (exact) mass is 384 g/mol. The summed E-state index contributed by atoms with van der Waals surface area (Å²) in [6.45, 7) is -0.0825. The van der Waals surface area contributed by atoms with Crippen LogP contribution in [0.1, 0.15) is 17.5 Å². The van der Waals surface area contributed by atoms with E-state index in [1.807, 2.05) is 12.1 Å². The standard InChI is InChI=1S/C18H13F5N2O2/c19-14-11(15(20)17(22)18(23)16(14)21)8-24-27-9-13(26)25-7-3-5-10-4-1-2-6-12(10)25/h1-2,4,6,8H,3,5,7,9H2/b24-8+. The van der Waals surface area contributed by atoms with Gasteiger partial charge in [0.25, 0.3) is 5.91 Å². The molecule has 0 aliphatic carbocycles. The average molecular weight is 384 g/mol. The molecular weight excluding hydrogens is 371 g/mol. The number of carbonyl (C=O) groups excluding carboxylic acids is 1. The molecule has 0 bridgehead atoms. The molecule has 1 amide bonds. The minimum Gasteiger partial charge on any atom is -0.386 e. The summed E-state index contributed by atoms with van der Waals surface area (Å²) < 4.78 is 66.2. The third kappa shape index (κ3) is 3.62. The minimum atomic E-state index is -2.26. The fourth-order valence-corrected chi connectivity index (χ4v) is 2.79. The van der Waals surface area contributed by atoms with E-state index in [0.717, 1.165) is 24.1 Å². The summed E-state index contributed by atoms with van der Waals surface area (Å²) in [5.41, 5.74) is 0.491. The first-order valence-corrected chi connectivity index (χ1v) is 7.97. The largest absolute Gasteiger partial charge is 0.386 e. The van der Waals surface area contributed by atoms with E-state index < -0.39 is 47.2 Å². The molecule has 1 aliphatic heterocycles. The summed E-state index contributed by atoms with van der Waals surface area (Å²) in [5, 5.41) is 3.16. The fraction of sp³-hybridized carbons (Fsp3) is 0.222. The van der Waals surface area contributed by atoms with Gasteiger partial charge in [-0.25, -0.2) is 22.0 Å². The van der Waals surface area contributed by atoms with Gasteiger partial charge < -0.3 is 9.74 Å². The molecule has 3 rings (SSSR count). The number of para-hydroxylation sites is 1. The van der Waals surface area contributed by atoms with Crippen molar-refractivity contribution in [3.63, 3.8) is 0 Å². The van der Waals surface area contributed by atoms with Crippen molar-refractivity contribution in [2.45, 2.75) is 12.8 Å². The van der Waals surface area contributed by atoms with E-state index in [2.05, 4.69) is 5.16 Å². The summed E-state index contributed by atoms with van der Waals surface area (Å²) >= 11 is 0. The van der Waals surface area contributed by atoms with Gasteiger partial charge >= 0.3 is 0 Å². The maximum atomic E-state index is 13.5. The molecule has 0 saturated heterocycles. The lowest BCUT2D eigenvalue weighted by atomic mass is 10.0. The number of oxime groups is 1. The first-order valence-electron chi connectivity index (χ1n) is 7.97. The van der Waals surface area contributed by atoms with Gasteiger partial charge in [-0.3, -0.25) is 4.79 Å². The van der Waals surface area contributed by atoms with Crippen molar-refractivity contribution < 1.29 is 31.6 Å². The van der Waals surface area contributed by atoms with Crippen LogP contribution in [0.4, 0.5) is 27.6 Å². The highest BCUT2D eigenvalue weighted by molar-refractivity contribution is 5.95. The quantitative estimate of drug-likeness (QED) is 0.265. The van der Waals surface area contributed by atoms with Crippen LogP contribution in [0.3, 0.4) is 0 Å². The van der Waals surface area contributed by atoms with Crippen molar-refractivity contribution in [1.29, 1.82) is 0 Å². The van der Waals surface area contributed by atoms with Gasteiger partial charge in [0, 0.05) is 12.2 Å². The highest BCUT2D eigenvalue weighted by Crippen LogP contribution is 2.26. The lowest BCUT2D eigenvalue weighted by Crippen LogP contribution is -2.37. The second-order valence-corrected chi connectivity index (χ2v) is 5.77. The molecule has 0 fully saturated rings. The van der Waals surface area contributed by atoms with E-state index in [1.54, 1.807) is 12.1 Å². The Morgan fingerprint density at radius 2 is 1.67 bits per heavy atom. The van der Waals surface area contributed by atoms with Crippen molar-refractivity contribution >= 4 is 17.8 Å². The molecule has 0 atom stereocenters. The Kier molecular flexibility index (Phi) is 5.38. The molecule has 0 aromatic heterocycles. The Bertz CT molecular complexity index is 888. The number of anilines is 1. The minimum absolute atomic E-state index is 0.341. The zero-order chi connectivity index (χ0) is 19.6. The Labute approximate surface area is 150 Å². The van der Waals surface area contributed by atoms with Crippen LogP contribution in [0.25, 0.3) is 0 Å². The van der Waals surface area contributed by atoms with Crippen LogP contribution in [0.2, 0.25) is 0 Å². The van der Waals surface area contributed by atoms with Crippen molar-refractivity contribution in [2.75, 3.05) is 18.1 Å². The van der Waals surface area contributed by atoms with Crippen molar-refractivity contribution in [1.82, 2.24) is 0 Å². The predicted octanol–water partition coefficient (Wildman–Crippen LogP) is 3.71. The van der Waals surface area contributed by atoms with Crippen molar-refractivity contribution in [2.24, 2.45) is 5.16 Å². The Morgan fingerprint density at radius 3 is 2.37 bits per heavy atom. The molecule has 0 N–H and O–H groups in total. The molecule has 1 heterocycles. The van der Waals surface area contributed by atoms with Gasteiger partial charge in [0.1, 0.15) is 0 Å². The highest BCUT2D eigenvalue weighted by atomic mass is 19.2. The highest BCUT2D eigenvalue weighted by Gasteiger charge is 2.25. The van der Waals surface area contributed by atoms with Gasteiger partial charge in [-0.1, -0.05) is 23.4 Å². The summed E-state index contributed by atoms with van der Waals surface area (Å²) in [6.07, 6.45) is 1.93. The Balaban J connectivity index is 1.68. The second kappa shape index (κ2) is 7.73. The second-order valence-electron chi connectivity index (χ2n) is 5.77. The number of carbonyl (C=O) groups is 1. The summed E-state index contributed by atoms with van der Waals surface area (Å²) in [7, 11) is 0. The number of hydrogen-bond donors (Lipinski definition) is 0. The van der Waals surface area contributed by atoms with Gasteiger partial charge in [0.05, 0.1) is 11.8 Å². The first kappa shape index (κ1) is 18.8. The number of hydrogen-bond acceptors (Lipinski definition) is 3. The van der Waals surface area contributed by atoms with Gasteiger partial charge in [-0.05, 0) is 24.5 Å². The molecule has 1 aliphatic rings. The zero-order valence-corrected chi connectivity index (χ0v) is 13.8. The normalized spacial score (nSPS) is 13.7. The van der Waals surface area contributed by atoms with E-state index in [1.165, 1.54) is 4.90 Å². The number of amides is 1. The summed E-state index contributed by atoms with van der Waals surface area (Å²) in [5.74, 6) is -10.9. The molecule has 4 nitrogen and oxygen atoms in total. The van der Waals surface area contributed by atoms with Crippen LogP contribution in [-0.4, -0.2) is 25.3 Å². The molecule has 0 radical (unpaired) electrons. The number of halogens is 5. The van der Waals surface area contributed by atoms with Crippen molar-refractivity contribution in [3.8, 4) is 0 Å². The number of fused-ring (bicyclic) bond motifs is 1. The number of rotatable bonds is 4. The van der Waals surface area contributed by atoms with E-state index >= 15 is 0 Å². The van der Waals surface area contributed by atoms with Gasteiger partial charge in [-0.2, -0.15) is 0 Å². The molecule has 2 aromatic carbocycles. The van der Waals surface area contributed by atoms with E-state index in [0.29, 0.717) is 12.8 Å². The Hall–Kier alpha value is -2.97. The first-order chi connectivity index (χ1) is 12.9. The fourth-order valence-electron chi connectivity index (χ4n) is 2.79. The topological polar surface area (TPSA) is 41.9 Å². The van der Waals surface area contributed by atoms with Gasteiger partial charge in [0.15, 0.2) is 29.9 Å². The maximum absolute atomic E-state index is 13.5. The van der Waals surface area contributed by atoms with Crippen LogP contribution < -0.4 is 4.90 Å². The maximum Gasteiger partial charge on any atom is 0.267 e. The number of benzene rings is 2. The third-order valence-electron chi connectivity index (χ3n) is 4.10. The van der Waals surface area contributed by atoms with Crippen LogP contribution in [0.15, 0.2) is 29.4 Å². The number of aryl methyl sites for hydroxylation is 1. The van der Waals surface area contributed by atoms with E-state index in [4.69, 9.17) is 4.84 Å². The Morgan fingerprint density at radius 1 is 1.04 bits per heavy atom. The molecule has 0 spiro atoms. The smallest absolute Gasteiger partial charge is 0.267 e. The molecule has 0 unspecified atom stereocenters. The van der Waals surface area contributed by atoms with Crippen LogP contribution in [0.5, 0.6) is 0 Å². The summed E-state index contributed by atoms with van der Waals surface area (Å²) in [6, 6.07) is 7.33. The lowest BCUT2D eigenvalue weighted by Gasteiger charge is -2.28. The zero-order valence-electron chi connectivity index (χ0n) is 13.8. The summed E-state index contributed by atoms with van der Waals surface area (Å²) in [4.78, 5) is 18.5. The number of nitrogens with zero attached hydrogens (tertiary/aromatic N) is 2. The molecule has 9 heteroatoms. The van der Waals surface area contributed by atoms with E-state index in [9.17, 15) is 26.7 Å². The third-order valence-corrected chi connectivity index (χ3v) is 4.10. The average Bonchev–Trinajstić information content (AvgIpc) is 2.69. The molecule has 142 valence electrons. The molecular formula is C18H13F5N2O2. The molecule has 0 saturated carbocycles. The SMILES string of the molecule is O=C(CO/N=C/c1c(F)c(F)c(F)c(F)c1F)N1CCCc2ccccc21. The van der Waals surface area contributed by atoms with Gasteiger partial charge in [-0.15, -0.1) is 0 Å². The van der Waals surface area contributed by atoms with Crippen LogP contribution >= 0.6 is 0 Å². The predicted molar refractivity (Wildman–Crippen MR) is 86.9 cm³/mol. The lowest BCUT2D eigenvalue weighted by molar-refractivity contribution is -0.123. The van der Waals surface area contributed by atoms with Crippen LogP contribution in [0, 0.1) is 29.1 Å². The van der Waals surface area contributed by atoms with Crippen LogP contribution in [-0.2, 0) is 16.1 Å². The molecule has 2 aromatic rings. The van der Waals surface area contributed by atoms with Crippen molar-refractivity contribution in [3.05, 3.63) is 64.5 Å².